The first-order valence-electron chi connectivity index (χ1n) is 7.21. The van der Waals surface area contributed by atoms with Crippen LogP contribution in [0.4, 0.5) is 0 Å². The molecule has 0 aromatic rings. The summed E-state index contributed by atoms with van der Waals surface area (Å²) in [6.07, 6.45) is 4.85. The van der Waals surface area contributed by atoms with E-state index in [1.807, 2.05) is 6.92 Å². The van der Waals surface area contributed by atoms with Crippen LogP contribution in [-0.4, -0.2) is 49.7 Å². The molecule has 1 aliphatic rings. The van der Waals surface area contributed by atoms with Crippen LogP contribution in [0.1, 0.15) is 46.0 Å². The quantitative estimate of drug-likeness (QED) is 0.736. The fraction of sp³-hybridized carbons (Fsp3) is 0.929. The van der Waals surface area contributed by atoms with Crippen LogP contribution in [0.15, 0.2) is 0 Å². The van der Waals surface area contributed by atoms with Crippen molar-refractivity contribution in [2.45, 2.75) is 51.5 Å². The molecule has 0 bridgehead atoms. The Balaban J connectivity index is 2.64. The number of rotatable bonds is 6. The van der Waals surface area contributed by atoms with Gasteiger partial charge in [-0.25, -0.2) is 0 Å². The van der Waals surface area contributed by atoms with Gasteiger partial charge in [-0.15, -0.1) is 0 Å². The lowest BCUT2D eigenvalue weighted by Crippen LogP contribution is -2.48. The summed E-state index contributed by atoms with van der Waals surface area (Å²) in [5.74, 6) is -0.0642. The van der Waals surface area contributed by atoms with Gasteiger partial charge in [-0.1, -0.05) is 6.92 Å². The zero-order chi connectivity index (χ0) is 13.4. The summed E-state index contributed by atoms with van der Waals surface area (Å²) in [5.41, 5.74) is -0.0486. The molecule has 4 heteroatoms. The van der Waals surface area contributed by atoms with Gasteiger partial charge in [0.25, 0.3) is 0 Å². The highest BCUT2D eigenvalue weighted by Crippen LogP contribution is 2.26. The summed E-state index contributed by atoms with van der Waals surface area (Å²) in [4.78, 5) is 14.1. The van der Waals surface area contributed by atoms with Crippen molar-refractivity contribution in [3.63, 3.8) is 0 Å². The van der Waals surface area contributed by atoms with Gasteiger partial charge >= 0.3 is 5.97 Å². The van der Waals surface area contributed by atoms with Crippen molar-refractivity contribution in [1.82, 2.24) is 10.2 Å². The third-order valence-corrected chi connectivity index (χ3v) is 3.71. The lowest BCUT2D eigenvalue weighted by Gasteiger charge is -2.33. The Morgan fingerprint density at radius 1 is 1.33 bits per heavy atom. The highest BCUT2D eigenvalue weighted by Gasteiger charge is 2.34. The largest absolute Gasteiger partial charge is 0.466 e. The maximum absolute atomic E-state index is 11.8. The van der Waals surface area contributed by atoms with Gasteiger partial charge in [0.15, 0.2) is 0 Å². The van der Waals surface area contributed by atoms with Crippen LogP contribution in [0, 0.1) is 0 Å². The van der Waals surface area contributed by atoms with Gasteiger partial charge in [0.05, 0.1) is 13.0 Å². The summed E-state index contributed by atoms with van der Waals surface area (Å²) in [7, 11) is 2.15. The van der Waals surface area contributed by atoms with Crippen molar-refractivity contribution in [3.05, 3.63) is 0 Å². The average Bonchev–Trinajstić information content (AvgIpc) is 2.50. The lowest BCUT2D eigenvalue weighted by atomic mass is 9.87. The molecule has 0 aromatic heterocycles. The van der Waals surface area contributed by atoms with Gasteiger partial charge in [-0.2, -0.15) is 0 Å². The summed E-state index contributed by atoms with van der Waals surface area (Å²) in [6.45, 7) is 7.65. The molecule has 0 aliphatic carbocycles. The van der Waals surface area contributed by atoms with Gasteiger partial charge in [0.1, 0.15) is 0 Å². The Morgan fingerprint density at radius 3 is 2.78 bits per heavy atom. The molecule has 1 N–H and O–H groups in total. The van der Waals surface area contributed by atoms with E-state index in [9.17, 15) is 4.79 Å². The smallest absolute Gasteiger partial charge is 0.307 e. The molecule has 0 amide bonds. The van der Waals surface area contributed by atoms with Crippen LogP contribution < -0.4 is 5.32 Å². The van der Waals surface area contributed by atoms with E-state index >= 15 is 0 Å². The van der Waals surface area contributed by atoms with Gasteiger partial charge in [0, 0.05) is 5.54 Å². The standard InChI is InChI=1S/C14H28N2O2/c1-4-9-15-14(12-13(17)18-5-2)7-6-10-16(3)11-8-14/h15H,4-12H2,1-3H3. The number of carbonyl (C=O) groups excluding carboxylic acids is 1. The van der Waals surface area contributed by atoms with E-state index < -0.39 is 0 Å². The predicted octanol–water partition coefficient (Wildman–Crippen LogP) is 1.79. The van der Waals surface area contributed by atoms with E-state index in [0.29, 0.717) is 13.0 Å². The minimum Gasteiger partial charge on any atom is -0.466 e. The molecule has 4 nitrogen and oxygen atoms in total. The van der Waals surface area contributed by atoms with Gasteiger partial charge in [-0.3, -0.25) is 4.79 Å². The first-order chi connectivity index (χ1) is 8.62. The van der Waals surface area contributed by atoms with Crippen molar-refractivity contribution in [1.29, 1.82) is 0 Å². The number of hydrogen-bond donors (Lipinski definition) is 1. The van der Waals surface area contributed by atoms with Crippen molar-refractivity contribution >= 4 is 5.97 Å². The van der Waals surface area contributed by atoms with Crippen LogP contribution in [0.5, 0.6) is 0 Å². The summed E-state index contributed by atoms with van der Waals surface area (Å²) < 4.78 is 5.12. The number of nitrogens with one attached hydrogen (secondary N) is 1. The first kappa shape index (κ1) is 15.4. The van der Waals surface area contributed by atoms with Gasteiger partial charge in [0.2, 0.25) is 0 Å². The molecular formula is C14H28N2O2. The van der Waals surface area contributed by atoms with E-state index in [0.717, 1.165) is 45.3 Å². The molecule has 106 valence electrons. The van der Waals surface area contributed by atoms with Crippen molar-refractivity contribution in [2.24, 2.45) is 0 Å². The highest BCUT2D eigenvalue weighted by molar-refractivity contribution is 5.70. The average molecular weight is 256 g/mol. The second kappa shape index (κ2) is 7.74. The Morgan fingerprint density at radius 2 is 2.11 bits per heavy atom. The van der Waals surface area contributed by atoms with E-state index in [1.54, 1.807) is 0 Å². The molecule has 0 radical (unpaired) electrons. The minimum absolute atomic E-state index is 0.0486. The number of carbonyl (C=O) groups is 1. The second-order valence-electron chi connectivity index (χ2n) is 5.35. The maximum atomic E-state index is 11.8. The monoisotopic (exact) mass is 256 g/mol. The van der Waals surface area contributed by atoms with E-state index in [-0.39, 0.29) is 11.5 Å². The molecule has 1 saturated heterocycles. The topological polar surface area (TPSA) is 41.6 Å². The Labute approximate surface area is 111 Å². The normalized spacial score (nSPS) is 25.7. The van der Waals surface area contributed by atoms with Crippen LogP contribution >= 0.6 is 0 Å². The molecule has 1 rings (SSSR count). The first-order valence-corrected chi connectivity index (χ1v) is 7.21. The van der Waals surface area contributed by atoms with Crippen LogP contribution in [-0.2, 0) is 9.53 Å². The Kier molecular flexibility index (Phi) is 6.65. The van der Waals surface area contributed by atoms with E-state index in [1.165, 1.54) is 0 Å². The molecule has 1 atom stereocenters. The van der Waals surface area contributed by atoms with Crippen molar-refractivity contribution in [2.75, 3.05) is 33.3 Å². The Hall–Kier alpha value is -0.610. The van der Waals surface area contributed by atoms with Crippen molar-refractivity contribution < 1.29 is 9.53 Å². The maximum Gasteiger partial charge on any atom is 0.307 e. The number of likely N-dealkylation sites (tertiary alicyclic amines) is 1. The SMILES string of the molecule is CCCNC1(CC(=O)OCC)CCCN(C)CC1. The zero-order valence-corrected chi connectivity index (χ0v) is 12.1. The van der Waals surface area contributed by atoms with Crippen LogP contribution in [0.25, 0.3) is 0 Å². The molecule has 1 heterocycles. The number of ether oxygens (including phenoxy) is 1. The fourth-order valence-electron chi connectivity index (χ4n) is 2.62. The molecule has 0 spiro atoms. The minimum atomic E-state index is -0.0642. The highest BCUT2D eigenvalue weighted by atomic mass is 16.5. The fourth-order valence-corrected chi connectivity index (χ4v) is 2.62. The van der Waals surface area contributed by atoms with Gasteiger partial charge < -0.3 is 15.0 Å². The number of esters is 1. The molecular weight excluding hydrogens is 228 g/mol. The van der Waals surface area contributed by atoms with E-state index in [2.05, 4.69) is 24.2 Å². The predicted molar refractivity (Wildman–Crippen MR) is 73.6 cm³/mol. The molecule has 1 fully saturated rings. The second-order valence-corrected chi connectivity index (χ2v) is 5.35. The third kappa shape index (κ3) is 4.94. The number of nitrogens with zero attached hydrogens (tertiary/aromatic N) is 1. The third-order valence-electron chi connectivity index (χ3n) is 3.71. The van der Waals surface area contributed by atoms with Crippen LogP contribution in [0.3, 0.4) is 0 Å². The Bertz CT molecular complexity index is 254. The summed E-state index contributed by atoms with van der Waals surface area (Å²) >= 11 is 0. The molecule has 0 saturated carbocycles. The zero-order valence-electron chi connectivity index (χ0n) is 12.1. The number of hydrogen-bond acceptors (Lipinski definition) is 4. The molecule has 18 heavy (non-hydrogen) atoms. The van der Waals surface area contributed by atoms with Crippen molar-refractivity contribution in [3.8, 4) is 0 Å². The molecule has 1 aliphatic heterocycles. The molecule has 1 unspecified atom stereocenters. The molecule has 0 aromatic carbocycles. The summed E-state index contributed by atoms with van der Waals surface area (Å²) in [6, 6.07) is 0. The van der Waals surface area contributed by atoms with Crippen LogP contribution in [0.2, 0.25) is 0 Å². The van der Waals surface area contributed by atoms with Gasteiger partial charge in [-0.05, 0) is 59.3 Å². The van der Waals surface area contributed by atoms with E-state index in [4.69, 9.17) is 4.74 Å². The lowest BCUT2D eigenvalue weighted by molar-refractivity contribution is -0.145. The summed E-state index contributed by atoms with van der Waals surface area (Å²) in [5, 5.41) is 3.61.